The first-order valence-corrected chi connectivity index (χ1v) is 10.2. The maximum absolute atomic E-state index is 13.4. The normalized spacial score (nSPS) is 11.5. The molecule has 0 spiro atoms. The molecule has 4 nitrogen and oxygen atoms in total. The lowest BCUT2D eigenvalue weighted by atomic mass is 9.83. The smallest absolute Gasteiger partial charge is 0.251 e. The van der Waals surface area contributed by atoms with Crippen molar-refractivity contribution < 1.29 is 4.79 Å². The number of rotatable bonds is 2. The first-order chi connectivity index (χ1) is 14.5. The summed E-state index contributed by atoms with van der Waals surface area (Å²) >= 11 is 0. The van der Waals surface area contributed by atoms with Crippen molar-refractivity contribution in [3.05, 3.63) is 93.8 Å². The number of carbonyl (C=O) groups excluding carboxylic acids is 1. The molecule has 0 atom stereocenters. The zero-order valence-electron chi connectivity index (χ0n) is 17.6. The Balaban J connectivity index is 0.00000106. The molecule has 1 aromatic heterocycles. The van der Waals surface area contributed by atoms with Crippen LogP contribution >= 0.6 is 0 Å². The number of ketones is 1. The van der Waals surface area contributed by atoms with Gasteiger partial charge in [0, 0.05) is 29.8 Å². The predicted molar refractivity (Wildman–Crippen MR) is 124 cm³/mol. The van der Waals surface area contributed by atoms with Crippen LogP contribution in [0, 0.1) is 6.92 Å². The molecule has 3 aromatic carbocycles. The summed E-state index contributed by atoms with van der Waals surface area (Å²) in [6.45, 7) is 6.04. The largest absolute Gasteiger partial charge is 0.355 e. The van der Waals surface area contributed by atoms with E-state index in [1.807, 2.05) is 81.4 Å². The summed E-state index contributed by atoms with van der Waals surface area (Å²) in [7, 11) is 1.74. The number of benzene rings is 3. The van der Waals surface area contributed by atoms with E-state index in [-0.39, 0.29) is 11.3 Å². The van der Waals surface area contributed by atoms with Crippen molar-refractivity contribution in [1.29, 1.82) is 0 Å². The standard InChI is InChI=1S/C24H18N2O2.C2H6/c1-14-7-9-15(10-8-14)25-19-11-12-20-22-18(13-21(27)26(20)2)16-5-3-4-6-17(16)24(28)23(19)22;1-2/h3-13,25H,1-2H3;1-2H3. The molecule has 0 fully saturated rings. The molecule has 1 N–H and O–H groups in total. The van der Waals surface area contributed by atoms with Crippen molar-refractivity contribution in [3.8, 4) is 11.1 Å². The van der Waals surface area contributed by atoms with Crippen LogP contribution in [0.1, 0.15) is 35.3 Å². The molecule has 30 heavy (non-hydrogen) atoms. The lowest BCUT2D eigenvalue weighted by Crippen LogP contribution is -2.21. The Bertz CT molecular complexity index is 1330. The van der Waals surface area contributed by atoms with Crippen molar-refractivity contribution in [2.45, 2.75) is 20.8 Å². The number of nitrogens with zero attached hydrogens (tertiary/aromatic N) is 1. The van der Waals surface area contributed by atoms with Gasteiger partial charge in [-0.2, -0.15) is 0 Å². The van der Waals surface area contributed by atoms with Gasteiger partial charge in [-0.3, -0.25) is 9.59 Å². The van der Waals surface area contributed by atoms with Crippen molar-refractivity contribution in [1.82, 2.24) is 4.57 Å². The number of aryl methyl sites for hydroxylation is 2. The zero-order chi connectivity index (χ0) is 21.4. The highest BCUT2D eigenvalue weighted by Gasteiger charge is 2.28. The van der Waals surface area contributed by atoms with Gasteiger partial charge < -0.3 is 9.88 Å². The molecule has 5 rings (SSSR count). The van der Waals surface area contributed by atoms with Gasteiger partial charge in [-0.15, -0.1) is 0 Å². The van der Waals surface area contributed by atoms with Crippen LogP contribution in [-0.2, 0) is 7.05 Å². The predicted octanol–water partition coefficient (Wildman–Crippen LogP) is 5.83. The van der Waals surface area contributed by atoms with Gasteiger partial charge in [0.1, 0.15) is 0 Å². The van der Waals surface area contributed by atoms with Gasteiger partial charge in [-0.25, -0.2) is 0 Å². The SMILES string of the molecule is CC.Cc1ccc(Nc2ccc3c4c(cc(=O)n3C)-c3ccccc3C(=O)c24)cc1. The highest BCUT2D eigenvalue weighted by atomic mass is 16.1. The third-order valence-electron chi connectivity index (χ3n) is 5.43. The number of fused-ring (bicyclic) bond motifs is 2. The Morgan fingerprint density at radius 3 is 2.17 bits per heavy atom. The lowest BCUT2D eigenvalue weighted by Gasteiger charge is -2.23. The lowest BCUT2D eigenvalue weighted by molar-refractivity contribution is 0.104. The van der Waals surface area contributed by atoms with E-state index in [4.69, 9.17) is 0 Å². The molecule has 0 bridgehead atoms. The minimum Gasteiger partial charge on any atom is -0.355 e. The average Bonchev–Trinajstić information content (AvgIpc) is 2.78. The second-order valence-electron chi connectivity index (χ2n) is 7.20. The Morgan fingerprint density at radius 2 is 1.47 bits per heavy atom. The van der Waals surface area contributed by atoms with Crippen LogP contribution in [-0.4, -0.2) is 10.4 Å². The number of aromatic nitrogens is 1. The van der Waals surface area contributed by atoms with Crippen molar-refractivity contribution in [2.24, 2.45) is 7.05 Å². The molecule has 0 radical (unpaired) electrons. The second-order valence-corrected chi connectivity index (χ2v) is 7.20. The quantitative estimate of drug-likeness (QED) is 0.408. The Labute approximate surface area is 175 Å². The van der Waals surface area contributed by atoms with Gasteiger partial charge in [0.25, 0.3) is 5.56 Å². The molecule has 0 saturated heterocycles. The average molecular weight is 396 g/mol. The summed E-state index contributed by atoms with van der Waals surface area (Å²) in [5.41, 5.74) is 6.38. The van der Waals surface area contributed by atoms with Gasteiger partial charge in [0.15, 0.2) is 5.78 Å². The number of pyridine rings is 1. The maximum Gasteiger partial charge on any atom is 0.251 e. The zero-order valence-corrected chi connectivity index (χ0v) is 17.6. The van der Waals surface area contributed by atoms with Gasteiger partial charge in [-0.1, -0.05) is 55.8 Å². The monoisotopic (exact) mass is 396 g/mol. The molecule has 1 aliphatic carbocycles. The van der Waals surface area contributed by atoms with Gasteiger partial charge in [-0.05, 0) is 42.3 Å². The molecule has 1 aliphatic rings. The summed E-state index contributed by atoms with van der Waals surface area (Å²) in [6, 6.07) is 21.0. The molecule has 0 aliphatic heterocycles. The van der Waals surface area contributed by atoms with Gasteiger partial charge in [0.2, 0.25) is 0 Å². The topological polar surface area (TPSA) is 51.1 Å². The summed E-state index contributed by atoms with van der Waals surface area (Å²) in [4.78, 5) is 25.9. The summed E-state index contributed by atoms with van der Waals surface area (Å²) in [5, 5.41) is 4.21. The fourth-order valence-corrected chi connectivity index (χ4v) is 3.95. The first kappa shape index (κ1) is 19.6. The van der Waals surface area contributed by atoms with Crippen molar-refractivity contribution in [2.75, 3.05) is 5.32 Å². The van der Waals surface area contributed by atoms with E-state index in [2.05, 4.69) is 5.32 Å². The Hall–Kier alpha value is -3.66. The van der Waals surface area contributed by atoms with E-state index in [0.29, 0.717) is 11.1 Å². The minimum atomic E-state index is -0.0863. The number of anilines is 2. The fraction of sp³-hybridized carbons (Fsp3) is 0.154. The molecule has 0 unspecified atom stereocenters. The molecular formula is C26H24N2O2. The Morgan fingerprint density at radius 1 is 0.800 bits per heavy atom. The number of carbonyl (C=O) groups is 1. The molecule has 150 valence electrons. The third-order valence-corrected chi connectivity index (χ3v) is 5.43. The van der Waals surface area contributed by atoms with Crippen LogP contribution in [0.2, 0.25) is 0 Å². The highest BCUT2D eigenvalue weighted by molar-refractivity contribution is 6.28. The summed E-state index contributed by atoms with van der Waals surface area (Å²) < 4.78 is 1.60. The van der Waals surface area contributed by atoms with Crippen LogP contribution in [0.25, 0.3) is 22.0 Å². The summed E-state index contributed by atoms with van der Waals surface area (Å²) in [6.07, 6.45) is 0. The van der Waals surface area contributed by atoms with E-state index >= 15 is 0 Å². The van der Waals surface area contributed by atoms with Gasteiger partial charge >= 0.3 is 0 Å². The third kappa shape index (κ3) is 3.01. The summed E-state index contributed by atoms with van der Waals surface area (Å²) in [5.74, 6) is -0.0260. The molecule has 0 saturated carbocycles. The van der Waals surface area contributed by atoms with Crippen molar-refractivity contribution in [3.63, 3.8) is 0 Å². The molecule has 4 aromatic rings. The van der Waals surface area contributed by atoms with Crippen molar-refractivity contribution >= 4 is 28.1 Å². The van der Waals surface area contributed by atoms with E-state index in [1.54, 1.807) is 17.7 Å². The van der Waals surface area contributed by atoms with Crippen LogP contribution in [0.15, 0.2) is 71.5 Å². The van der Waals surface area contributed by atoms with Crippen LogP contribution < -0.4 is 10.9 Å². The molecule has 0 amide bonds. The fourth-order valence-electron chi connectivity index (χ4n) is 3.95. The highest BCUT2D eigenvalue weighted by Crippen LogP contribution is 2.41. The van der Waals surface area contributed by atoms with E-state index < -0.39 is 0 Å². The molecule has 4 heteroatoms. The maximum atomic E-state index is 13.4. The van der Waals surface area contributed by atoms with Crippen LogP contribution in [0.5, 0.6) is 0 Å². The van der Waals surface area contributed by atoms with E-state index in [0.717, 1.165) is 33.4 Å². The number of nitrogens with one attached hydrogen (secondary N) is 1. The molecule has 1 heterocycles. The van der Waals surface area contributed by atoms with Crippen LogP contribution in [0.3, 0.4) is 0 Å². The number of hydrogen-bond donors (Lipinski definition) is 1. The van der Waals surface area contributed by atoms with E-state index in [9.17, 15) is 9.59 Å². The first-order valence-electron chi connectivity index (χ1n) is 10.2. The number of hydrogen-bond acceptors (Lipinski definition) is 3. The molecular weight excluding hydrogens is 372 g/mol. The van der Waals surface area contributed by atoms with Gasteiger partial charge in [0.05, 0.1) is 16.8 Å². The Kier molecular flexibility index (Phi) is 5.00. The minimum absolute atomic E-state index is 0.0260. The van der Waals surface area contributed by atoms with Crippen LogP contribution in [0.4, 0.5) is 11.4 Å². The second kappa shape index (κ2) is 7.64. The van der Waals surface area contributed by atoms with E-state index in [1.165, 1.54) is 5.56 Å².